The van der Waals surface area contributed by atoms with E-state index in [4.69, 9.17) is 9.84 Å². The highest BCUT2D eigenvalue weighted by Crippen LogP contribution is 2.01. The summed E-state index contributed by atoms with van der Waals surface area (Å²) in [6, 6.07) is -1.59. The number of urea groups is 1. The van der Waals surface area contributed by atoms with Crippen LogP contribution in [0.2, 0.25) is 0 Å². The number of amides is 2. The zero-order valence-corrected chi connectivity index (χ0v) is 9.27. The first-order chi connectivity index (χ1) is 8.13. The van der Waals surface area contributed by atoms with Gasteiger partial charge in [0, 0.05) is 26.3 Å². The van der Waals surface area contributed by atoms with Crippen molar-refractivity contribution in [2.75, 3.05) is 19.0 Å². The SMILES string of the molecule is COCCC(NC(=O)Nc1cn[nH]c1)C(=O)O. The molecule has 94 valence electrons. The Balaban J connectivity index is 2.43. The first-order valence-electron chi connectivity index (χ1n) is 4.91. The van der Waals surface area contributed by atoms with Crippen LogP contribution in [-0.2, 0) is 9.53 Å². The quantitative estimate of drug-likeness (QED) is 0.561. The average molecular weight is 242 g/mol. The molecule has 0 aliphatic heterocycles. The smallest absolute Gasteiger partial charge is 0.326 e. The van der Waals surface area contributed by atoms with E-state index in [2.05, 4.69) is 20.8 Å². The van der Waals surface area contributed by atoms with Gasteiger partial charge in [-0.2, -0.15) is 5.10 Å². The number of aliphatic carboxylic acids is 1. The monoisotopic (exact) mass is 242 g/mol. The summed E-state index contributed by atoms with van der Waals surface area (Å²) in [6.45, 7) is 0.253. The Hall–Kier alpha value is -2.09. The van der Waals surface area contributed by atoms with E-state index in [9.17, 15) is 9.59 Å². The molecule has 0 aromatic carbocycles. The van der Waals surface area contributed by atoms with Gasteiger partial charge >= 0.3 is 12.0 Å². The van der Waals surface area contributed by atoms with E-state index in [1.54, 1.807) is 0 Å². The summed E-state index contributed by atoms with van der Waals surface area (Å²) >= 11 is 0. The van der Waals surface area contributed by atoms with Crippen molar-refractivity contribution in [3.63, 3.8) is 0 Å². The first-order valence-corrected chi connectivity index (χ1v) is 4.91. The van der Waals surface area contributed by atoms with Crippen molar-refractivity contribution < 1.29 is 19.4 Å². The number of nitrogens with one attached hydrogen (secondary N) is 3. The standard InChI is InChI=1S/C9H14N4O4/c1-17-3-2-7(8(14)15)13-9(16)12-6-4-10-11-5-6/h4-5,7H,2-3H2,1H3,(H,10,11)(H,14,15)(H2,12,13,16). The second kappa shape index (κ2) is 6.48. The van der Waals surface area contributed by atoms with Crippen molar-refractivity contribution >= 4 is 17.7 Å². The second-order valence-corrected chi connectivity index (χ2v) is 3.26. The van der Waals surface area contributed by atoms with Gasteiger partial charge in [-0.05, 0) is 0 Å². The predicted molar refractivity (Wildman–Crippen MR) is 58.7 cm³/mol. The van der Waals surface area contributed by atoms with E-state index in [0.29, 0.717) is 5.69 Å². The van der Waals surface area contributed by atoms with Gasteiger partial charge in [-0.25, -0.2) is 9.59 Å². The minimum Gasteiger partial charge on any atom is -0.480 e. The highest BCUT2D eigenvalue weighted by Gasteiger charge is 2.19. The molecule has 1 rings (SSSR count). The van der Waals surface area contributed by atoms with E-state index in [1.807, 2.05) is 0 Å². The van der Waals surface area contributed by atoms with Crippen LogP contribution in [0.25, 0.3) is 0 Å². The van der Waals surface area contributed by atoms with Gasteiger partial charge in [0.25, 0.3) is 0 Å². The van der Waals surface area contributed by atoms with Crippen LogP contribution in [0, 0.1) is 0 Å². The maximum atomic E-state index is 11.4. The van der Waals surface area contributed by atoms with Gasteiger partial charge in [-0.15, -0.1) is 0 Å². The Morgan fingerprint density at radius 3 is 2.94 bits per heavy atom. The number of carboxylic acids is 1. The molecule has 1 aromatic rings. The summed E-state index contributed by atoms with van der Waals surface area (Å²) in [4.78, 5) is 22.2. The van der Waals surface area contributed by atoms with Gasteiger partial charge in [0.1, 0.15) is 6.04 Å². The molecule has 0 aliphatic rings. The number of aromatic nitrogens is 2. The molecule has 0 aliphatic carbocycles. The van der Waals surface area contributed by atoms with E-state index in [-0.39, 0.29) is 13.0 Å². The average Bonchev–Trinajstić information content (AvgIpc) is 2.76. The van der Waals surface area contributed by atoms with Crippen LogP contribution in [0.15, 0.2) is 12.4 Å². The number of ether oxygens (including phenoxy) is 1. The Morgan fingerprint density at radius 2 is 2.41 bits per heavy atom. The third-order valence-electron chi connectivity index (χ3n) is 1.97. The van der Waals surface area contributed by atoms with Gasteiger partial charge in [0.15, 0.2) is 0 Å². The number of hydrogen-bond donors (Lipinski definition) is 4. The van der Waals surface area contributed by atoms with Crippen molar-refractivity contribution in [3.05, 3.63) is 12.4 Å². The molecule has 0 fully saturated rings. The summed E-state index contributed by atoms with van der Waals surface area (Å²) in [6.07, 6.45) is 3.08. The van der Waals surface area contributed by atoms with Crippen molar-refractivity contribution in [3.8, 4) is 0 Å². The Morgan fingerprint density at radius 1 is 1.65 bits per heavy atom. The molecule has 1 aromatic heterocycles. The van der Waals surface area contributed by atoms with E-state index in [0.717, 1.165) is 0 Å². The normalized spacial score (nSPS) is 11.8. The summed E-state index contributed by atoms with van der Waals surface area (Å²) in [7, 11) is 1.46. The van der Waals surface area contributed by atoms with Crippen molar-refractivity contribution in [1.82, 2.24) is 15.5 Å². The lowest BCUT2D eigenvalue weighted by atomic mass is 10.2. The first kappa shape index (κ1) is 13.0. The summed E-state index contributed by atoms with van der Waals surface area (Å²) in [5, 5.41) is 19.8. The third-order valence-corrected chi connectivity index (χ3v) is 1.97. The number of H-pyrrole nitrogens is 1. The maximum Gasteiger partial charge on any atom is 0.326 e. The molecule has 0 spiro atoms. The number of aromatic amines is 1. The minimum atomic E-state index is -1.11. The van der Waals surface area contributed by atoms with Gasteiger partial charge in [0.05, 0.1) is 11.9 Å². The molecular weight excluding hydrogens is 228 g/mol. The summed E-state index contributed by atoms with van der Waals surface area (Å²) in [5.41, 5.74) is 0.457. The number of carboxylic acid groups (broad SMARTS) is 1. The van der Waals surface area contributed by atoms with Crippen LogP contribution in [0.1, 0.15) is 6.42 Å². The molecule has 2 amide bonds. The van der Waals surface area contributed by atoms with Crippen molar-refractivity contribution in [2.45, 2.75) is 12.5 Å². The van der Waals surface area contributed by atoms with Crippen molar-refractivity contribution in [2.24, 2.45) is 0 Å². The molecule has 0 saturated heterocycles. The van der Waals surface area contributed by atoms with Crippen LogP contribution in [0.4, 0.5) is 10.5 Å². The molecule has 4 N–H and O–H groups in total. The maximum absolute atomic E-state index is 11.4. The topological polar surface area (TPSA) is 116 Å². The van der Waals surface area contributed by atoms with Gasteiger partial charge in [-0.3, -0.25) is 5.10 Å². The number of anilines is 1. The molecule has 8 nitrogen and oxygen atoms in total. The molecular formula is C9H14N4O4. The van der Waals surface area contributed by atoms with Crippen molar-refractivity contribution in [1.29, 1.82) is 0 Å². The summed E-state index contributed by atoms with van der Waals surface area (Å²) < 4.78 is 4.76. The zero-order chi connectivity index (χ0) is 12.7. The number of carbonyl (C=O) groups is 2. The highest BCUT2D eigenvalue weighted by atomic mass is 16.5. The van der Waals surface area contributed by atoms with Gasteiger partial charge in [0.2, 0.25) is 0 Å². The van der Waals surface area contributed by atoms with Crippen LogP contribution in [0.5, 0.6) is 0 Å². The van der Waals surface area contributed by atoms with E-state index < -0.39 is 18.0 Å². The molecule has 1 atom stereocenters. The molecule has 1 unspecified atom stereocenters. The van der Waals surface area contributed by atoms with Crippen LogP contribution in [0.3, 0.4) is 0 Å². The Kier molecular flexibility index (Phi) is 4.95. The number of nitrogens with zero attached hydrogens (tertiary/aromatic N) is 1. The van der Waals surface area contributed by atoms with E-state index >= 15 is 0 Å². The van der Waals surface area contributed by atoms with E-state index in [1.165, 1.54) is 19.5 Å². The number of rotatable bonds is 6. The second-order valence-electron chi connectivity index (χ2n) is 3.26. The van der Waals surface area contributed by atoms with Crippen LogP contribution >= 0.6 is 0 Å². The lowest BCUT2D eigenvalue weighted by molar-refractivity contribution is -0.139. The highest BCUT2D eigenvalue weighted by molar-refractivity contribution is 5.91. The van der Waals surface area contributed by atoms with Crippen LogP contribution < -0.4 is 10.6 Å². The van der Waals surface area contributed by atoms with Gasteiger partial charge in [-0.1, -0.05) is 0 Å². The fourth-order valence-corrected chi connectivity index (χ4v) is 1.14. The lowest BCUT2D eigenvalue weighted by Crippen LogP contribution is -2.43. The fourth-order valence-electron chi connectivity index (χ4n) is 1.14. The number of methoxy groups -OCH3 is 1. The third kappa shape index (κ3) is 4.51. The molecule has 1 heterocycles. The minimum absolute atomic E-state index is 0.199. The Labute approximate surface area is 97.3 Å². The van der Waals surface area contributed by atoms with Gasteiger partial charge < -0.3 is 20.5 Å². The van der Waals surface area contributed by atoms with Crippen LogP contribution in [-0.4, -0.2) is 47.1 Å². The molecule has 0 bridgehead atoms. The molecule has 17 heavy (non-hydrogen) atoms. The Bertz CT molecular complexity index is 365. The molecule has 8 heteroatoms. The number of hydrogen-bond acceptors (Lipinski definition) is 4. The zero-order valence-electron chi connectivity index (χ0n) is 9.27. The fraction of sp³-hybridized carbons (Fsp3) is 0.444. The number of carbonyl (C=O) groups excluding carboxylic acids is 1. The molecule has 0 saturated carbocycles. The largest absolute Gasteiger partial charge is 0.480 e. The predicted octanol–water partition coefficient (Wildman–Crippen LogP) is 0.0209. The lowest BCUT2D eigenvalue weighted by Gasteiger charge is -2.13. The molecule has 0 radical (unpaired) electrons. The summed E-state index contributed by atoms with van der Waals surface area (Å²) in [5.74, 6) is -1.11.